The zero-order chi connectivity index (χ0) is 20.2. The van der Waals surface area contributed by atoms with E-state index in [0.717, 1.165) is 18.4 Å². The Morgan fingerprint density at radius 3 is 2.52 bits per heavy atom. The number of nitrogens with zero attached hydrogens (tertiary/aromatic N) is 2. The third-order valence-electron chi connectivity index (χ3n) is 4.90. The fourth-order valence-electron chi connectivity index (χ4n) is 3.44. The largest absolute Gasteiger partial charge is 0.484 e. The summed E-state index contributed by atoms with van der Waals surface area (Å²) in [5.41, 5.74) is 0.918. The normalized spacial score (nSPS) is 16.2. The van der Waals surface area contributed by atoms with Crippen LogP contribution in [0.5, 0.6) is 5.75 Å². The fraction of sp³-hybridized carbons (Fsp3) is 0.273. The van der Waals surface area contributed by atoms with Crippen molar-refractivity contribution in [2.24, 2.45) is 0 Å². The van der Waals surface area contributed by atoms with Crippen molar-refractivity contribution in [1.82, 2.24) is 9.88 Å². The maximum atomic E-state index is 13.0. The summed E-state index contributed by atoms with van der Waals surface area (Å²) in [5.74, 6) is 0.783. The van der Waals surface area contributed by atoms with E-state index in [4.69, 9.17) is 9.15 Å². The van der Waals surface area contributed by atoms with E-state index >= 15 is 0 Å². The Morgan fingerprint density at radius 1 is 1.10 bits per heavy atom. The third kappa shape index (κ3) is 4.62. The number of benzene rings is 2. The molecule has 0 radical (unpaired) electrons. The summed E-state index contributed by atoms with van der Waals surface area (Å²) in [7, 11) is 0. The lowest BCUT2D eigenvalue weighted by Gasteiger charge is -2.22. The van der Waals surface area contributed by atoms with Gasteiger partial charge in [-0.15, -0.1) is 0 Å². The van der Waals surface area contributed by atoms with Crippen molar-refractivity contribution >= 4 is 5.91 Å². The number of likely N-dealkylation sites (tertiary alicyclic amines) is 1. The number of hydrogen-bond donors (Lipinski definition) is 0. The lowest BCUT2D eigenvalue weighted by Crippen LogP contribution is -2.34. The molecule has 5 nitrogen and oxygen atoms in total. The van der Waals surface area contributed by atoms with Gasteiger partial charge in [0.05, 0.1) is 6.20 Å². The van der Waals surface area contributed by atoms with E-state index < -0.39 is 0 Å². The van der Waals surface area contributed by atoms with Gasteiger partial charge in [0, 0.05) is 13.0 Å². The topological polar surface area (TPSA) is 55.6 Å². The van der Waals surface area contributed by atoms with Gasteiger partial charge in [-0.2, -0.15) is 0 Å². The number of carbonyl (C=O) groups excluding carboxylic acids is 1. The number of amides is 1. The molecule has 3 aromatic rings. The molecule has 1 aliphatic heterocycles. The van der Waals surface area contributed by atoms with Crippen molar-refractivity contribution in [3.05, 3.63) is 83.6 Å². The second kappa shape index (κ2) is 8.43. The van der Waals surface area contributed by atoms with Crippen LogP contribution in [0.2, 0.25) is 0 Å². The van der Waals surface area contributed by atoms with Gasteiger partial charge in [0.2, 0.25) is 5.89 Å². The van der Waals surface area contributed by atoms with Crippen LogP contribution < -0.4 is 4.74 Å². The van der Waals surface area contributed by atoms with E-state index in [9.17, 15) is 13.6 Å². The second-order valence-electron chi connectivity index (χ2n) is 6.96. The molecule has 1 aromatic heterocycles. The molecule has 0 aliphatic carbocycles. The zero-order valence-electron chi connectivity index (χ0n) is 15.7. The Morgan fingerprint density at radius 2 is 1.79 bits per heavy atom. The number of rotatable bonds is 6. The average molecular weight is 398 g/mol. The first kappa shape index (κ1) is 19.1. The molecule has 7 heteroatoms. The predicted octanol–water partition coefficient (Wildman–Crippen LogP) is 4.29. The number of oxazole rings is 1. The predicted molar refractivity (Wildman–Crippen MR) is 101 cm³/mol. The van der Waals surface area contributed by atoms with E-state index in [-0.39, 0.29) is 30.2 Å². The van der Waals surface area contributed by atoms with Crippen LogP contribution in [0, 0.1) is 11.6 Å². The van der Waals surface area contributed by atoms with Crippen molar-refractivity contribution in [3.63, 3.8) is 0 Å². The Bertz CT molecular complexity index is 970. The van der Waals surface area contributed by atoms with E-state index in [1.54, 1.807) is 23.2 Å². The minimum Gasteiger partial charge on any atom is -0.484 e. The molecule has 0 spiro atoms. The summed E-state index contributed by atoms with van der Waals surface area (Å²) >= 11 is 0. The van der Waals surface area contributed by atoms with Crippen LogP contribution in [-0.4, -0.2) is 28.9 Å². The average Bonchev–Trinajstić information content (AvgIpc) is 3.38. The highest BCUT2D eigenvalue weighted by Gasteiger charge is 2.33. The van der Waals surface area contributed by atoms with Crippen molar-refractivity contribution < 1.29 is 22.7 Å². The smallest absolute Gasteiger partial charge is 0.261 e. The van der Waals surface area contributed by atoms with Crippen LogP contribution in [0.1, 0.15) is 36.1 Å². The van der Waals surface area contributed by atoms with E-state index in [1.165, 1.54) is 36.4 Å². The van der Waals surface area contributed by atoms with Gasteiger partial charge in [-0.05, 0) is 54.8 Å². The number of aromatic nitrogens is 1. The maximum Gasteiger partial charge on any atom is 0.261 e. The first-order chi connectivity index (χ1) is 14.1. The van der Waals surface area contributed by atoms with Crippen molar-refractivity contribution in [3.8, 4) is 5.75 Å². The molecule has 2 aromatic carbocycles. The quantitative estimate of drug-likeness (QED) is 0.622. The van der Waals surface area contributed by atoms with Crippen LogP contribution in [0.3, 0.4) is 0 Å². The van der Waals surface area contributed by atoms with Crippen LogP contribution in [0.15, 0.2) is 59.1 Å². The van der Waals surface area contributed by atoms with Crippen LogP contribution in [-0.2, 0) is 11.2 Å². The number of hydrogen-bond acceptors (Lipinski definition) is 4. The third-order valence-corrected chi connectivity index (χ3v) is 4.90. The molecule has 0 bridgehead atoms. The highest BCUT2D eigenvalue weighted by atomic mass is 19.1. The zero-order valence-corrected chi connectivity index (χ0v) is 15.7. The minimum atomic E-state index is -0.358. The fourth-order valence-corrected chi connectivity index (χ4v) is 3.44. The Hall–Kier alpha value is -3.22. The summed E-state index contributed by atoms with van der Waals surface area (Å²) in [6.07, 6.45) is 3.76. The maximum absolute atomic E-state index is 13.0. The number of halogens is 2. The van der Waals surface area contributed by atoms with Crippen molar-refractivity contribution in [1.29, 1.82) is 0 Å². The Kier molecular flexibility index (Phi) is 5.55. The summed E-state index contributed by atoms with van der Waals surface area (Å²) in [4.78, 5) is 18.7. The first-order valence-electron chi connectivity index (χ1n) is 9.45. The van der Waals surface area contributed by atoms with E-state index in [2.05, 4.69) is 4.98 Å². The van der Waals surface area contributed by atoms with Gasteiger partial charge in [0.15, 0.2) is 6.61 Å². The van der Waals surface area contributed by atoms with Gasteiger partial charge in [-0.25, -0.2) is 13.8 Å². The molecule has 1 atom stereocenters. The molecule has 1 saturated heterocycles. The number of carbonyl (C=O) groups is 1. The standard InChI is InChI=1S/C22H20F2N2O3/c23-16-5-3-15(4-6-16)12-19-13-25-22(29-19)20-2-1-11-26(20)21(27)14-28-18-9-7-17(24)8-10-18/h3-10,13,20H,1-2,11-12,14H2. The van der Waals surface area contributed by atoms with Gasteiger partial charge in [0.1, 0.15) is 29.2 Å². The highest BCUT2D eigenvalue weighted by Crippen LogP contribution is 2.32. The lowest BCUT2D eigenvalue weighted by atomic mass is 10.1. The molecule has 150 valence electrons. The van der Waals surface area contributed by atoms with Gasteiger partial charge < -0.3 is 14.1 Å². The Balaban J connectivity index is 1.38. The Labute approximate surface area is 166 Å². The van der Waals surface area contributed by atoms with Crippen molar-refractivity contribution in [2.75, 3.05) is 13.2 Å². The van der Waals surface area contributed by atoms with Gasteiger partial charge >= 0.3 is 0 Å². The number of ether oxygens (including phenoxy) is 1. The molecule has 0 saturated carbocycles. The molecule has 2 heterocycles. The first-order valence-corrected chi connectivity index (χ1v) is 9.45. The van der Waals surface area contributed by atoms with E-state index in [1.807, 2.05) is 0 Å². The summed E-state index contributed by atoms with van der Waals surface area (Å²) in [6.45, 7) is 0.469. The van der Waals surface area contributed by atoms with Crippen LogP contribution >= 0.6 is 0 Å². The highest BCUT2D eigenvalue weighted by molar-refractivity contribution is 5.78. The molecule has 1 aliphatic rings. The van der Waals surface area contributed by atoms with Gasteiger partial charge in [0.25, 0.3) is 5.91 Å². The SMILES string of the molecule is O=C(COc1ccc(F)cc1)N1CCCC1c1ncc(Cc2ccc(F)cc2)o1. The summed E-state index contributed by atoms with van der Waals surface area (Å²) < 4.78 is 37.4. The summed E-state index contributed by atoms with van der Waals surface area (Å²) in [6, 6.07) is 11.5. The second-order valence-corrected chi connectivity index (χ2v) is 6.96. The molecule has 1 amide bonds. The molecular weight excluding hydrogens is 378 g/mol. The van der Waals surface area contributed by atoms with Crippen LogP contribution in [0.4, 0.5) is 8.78 Å². The van der Waals surface area contributed by atoms with Gasteiger partial charge in [-0.1, -0.05) is 12.1 Å². The lowest BCUT2D eigenvalue weighted by molar-refractivity contribution is -0.134. The van der Waals surface area contributed by atoms with Crippen molar-refractivity contribution in [2.45, 2.75) is 25.3 Å². The van der Waals surface area contributed by atoms with E-state index in [0.29, 0.717) is 30.4 Å². The van der Waals surface area contributed by atoms with Gasteiger partial charge in [-0.3, -0.25) is 4.79 Å². The molecule has 29 heavy (non-hydrogen) atoms. The molecule has 0 N–H and O–H groups in total. The monoisotopic (exact) mass is 398 g/mol. The summed E-state index contributed by atoms with van der Waals surface area (Å²) in [5, 5.41) is 0. The van der Waals surface area contributed by atoms with Crippen LogP contribution in [0.25, 0.3) is 0 Å². The molecule has 4 rings (SSSR count). The minimum absolute atomic E-state index is 0.134. The molecular formula is C22H20F2N2O3. The molecule has 1 fully saturated rings. The molecule has 1 unspecified atom stereocenters.